The molecule has 0 amide bonds. The molecule has 0 unspecified atom stereocenters. The van der Waals surface area contributed by atoms with Crippen molar-refractivity contribution in [3.05, 3.63) is 74.4 Å². The van der Waals surface area contributed by atoms with Gasteiger partial charge in [0.05, 0.1) is 6.21 Å². The molecule has 0 bridgehead atoms. The fourth-order valence-electron chi connectivity index (χ4n) is 2.31. The Morgan fingerprint density at radius 2 is 1.85 bits per heavy atom. The summed E-state index contributed by atoms with van der Waals surface area (Å²) in [5.74, 6) is 1.70. The van der Waals surface area contributed by atoms with Gasteiger partial charge in [0.1, 0.15) is 0 Å². The maximum absolute atomic E-state index is 4.65. The average molecular weight is 494 g/mol. The second kappa shape index (κ2) is 9.48. The SMILES string of the molecule is CCCc1nnc(SCc2ccc(Br)cc2)n1/N=C\c1ccccc1Br. The monoisotopic (exact) mass is 492 g/mol. The normalized spacial score (nSPS) is 11.3. The molecule has 0 saturated heterocycles. The van der Waals surface area contributed by atoms with Gasteiger partial charge in [-0.3, -0.25) is 0 Å². The smallest absolute Gasteiger partial charge is 0.191 e. The van der Waals surface area contributed by atoms with E-state index in [1.807, 2.05) is 47.3 Å². The van der Waals surface area contributed by atoms with Gasteiger partial charge in [-0.2, -0.15) is 9.78 Å². The van der Waals surface area contributed by atoms with Gasteiger partial charge in [-0.05, 0) is 30.2 Å². The van der Waals surface area contributed by atoms with Crippen molar-refractivity contribution in [1.82, 2.24) is 14.9 Å². The van der Waals surface area contributed by atoms with Crippen molar-refractivity contribution in [2.75, 3.05) is 0 Å². The van der Waals surface area contributed by atoms with Gasteiger partial charge in [0.15, 0.2) is 5.82 Å². The molecule has 4 nitrogen and oxygen atoms in total. The van der Waals surface area contributed by atoms with Gasteiger partial charge in [-0.15, -0.1) is 10.2 Å². The summed E-state index contributed by atoms with van der Waals surface area (Å²) in [6.45, 7) is 2.13. The minimum absolute atomic E-state index is 0.805. The molecular weight excluding hydrogens is 476 g/mol. The van der Waals surface area contributed by atoms with Crippen LogP contribution in [0.3, 0.4) is 0 Å². The van der Waals surface area contributed by atoms with E-state index >= 15 is 0 Å². The standard InChI is InChI=1S/C19H18Br2N4S/c1-2-5-18-23-24-19(26-13-14-8-10-16(20)11-9-14)25(18)22-12-15-6-3-4-7-17(15)21/h3-4,6-12H,2,5,13H2,1H3/b22-12-. The van der Waals surface area contributed by atoms with Crippen molar-refractivity contribution in [3.8, 4) is 0 Å². The van der Waals surface area contributed by atoms with Gasteiger partial charge < -0.3 is 0 Å². The number of aromatic nitrogens is 3. The summed E-state index contributed by atoms with van der Waals surface area (Å²) in [6.07, 6.45) is 3.69. The summed E-state index contributed by atoms with van der Waals surface area (Å²) < 4.78 is 3.95. The van der Waals surface area contributed by atoms with E-state index in [-0.39, 0.29) is 0 Å². The van der Waals surface area contributed by atoms with Crippen molar-refractivity contribution in [3.63, 3.8) is 0 Å². The lowest BCUT2D eigenvalue weighted by Gasteiger charge is -2.05. The average Bonchev–Trinajstić information content (AvgIpc) is 3.03. The molecule has 1 heterocycles. The van der Waals surface area contributed by atoms with E-state index in [2.05, 4.69) is 66.2 Å². The fraction of sp³-hybridized carbons (Fsp3) is 0.211. The highest BCUT2D eigenvalue weighted by Gasteiger charge is 2.11. The van der Waals surface area contributed by atoms with Crippen LogP contribution in [0.4, 0.5) is 0 Å². The van der Waals surface area contributed by atoms with Gasteiger partial charge in [-0.1, -0.05) is 80.9 Å². The van der Waals surface area contributed by atoms with Crippen LogP contribution >= 0.6 is 43.6 Å². The molecule has 0 N–H and O–H groups in total. The molecular formula is C19H18Br2N4S. The van der Waals surface area contributed by atoms with Gasteiger partial charge in [-0.25, -0.2) is 0 Å². The molecule has 0 radical (unpaired) electrons. The zero-order valence-corrected chi connectivity index (χ0v) is 18.3. The third-order valence-corrected chi connectivity index (χ3v) is 5.89. The first-order chi connectivity index (χ1) is 12.7. The quantitative estimate of drug-likeness (QED) is 0.302. The maximum atomic E-state index is 4.65. The minimum atomic E-state index is 0.805. The number of thioether (sulfide) groups is 1. The van der Waals surface area contributed by atoms with Crippen LogP contribution in [0, 0.1) is 0 Å². The van der Waals surface area contributed by atoms with E-state index in [1.54, 1.807) is 11.8 Å². The molecule has 0 saturated carbocycles. The second-order valence-corrected chi connectivity index (χ2v) is 8.35. The largest absolute Gasteiger partial charge is 0.212 e. The molecule has 0 aliphatic carbocycles. The minimum Gasteiger partial charge on any atom is -0.191 e. The lowest BCUT2D eigenvalue weighted by atomic mass is 10.2. The number of nitrogens with zero attached hydrogens (tertiary/aromatic N) is 4. The molecule has 7 heteroatoms. The lowest BCUT2D eigenvalue weighted by Crippen LogP contribution is -2.00. The Labute approximate surface area is 174 Å². The molecule has 0 fully saturated rings. The van der Waals surface area contributed by atoms with Crippen LogP contribution in [0.15, 0.2) is 67.7 Å². The van der Waals surface area contributed by atoms with Crippen LogP contribution in [0.1, 0.15) is 30.3 Å². The molecule has 3 aromatic rings. The molecule has 1 aromatic heterocycles. The molecule has 0 spiro atoms. The third kappa shape index (κ3) is 5.05. The summed E-state index contributed by atoms with van der Waals surface area (Å²) in [6, 6.07) is 16.3. The van der Waals surface area contributed by atoms with Crippen LogP contribution in [-0.4, -0.2) is 21.1 Å². The summed E-state index contributed by atoms with van der Waals surface area (Å²) >= 11 is 8.66. The fourth-order valence-corrected chi connectivity index (χ4v) is 3.82. The molecule has 134 valence electrons. The number of aryl methyl sites for hydroxylation is 1. The summed E-state index contributed by atoms with van der Waals surface area (Å²) in [5.41, 5.74) is 2.26. The van der Waals surface area contributed by atoms with Crippen molar-refractivity contribution in [2.24, 2.45) is 5.10 Å². The first-order valence-corrected chi connectivity index (χ1v) is 10.8. The Hall–Kier alpha value is -1.44. The molecule has 0 aliphatic heterocycles. The van der Waals surface area contributed by atoms with Crippen LogP contribution in [0.2, 0.25) is 0 Å². The van der Waals surface area contributed by atoms with Crippen LogP contribution < -0.4 is 0 Å². The van der Waals surface area contributed by atoms with Crippen molar-refractivity contribution >= 4 is 49.8 Å². The van der Waals surface area contributed by atoms with Crippen LogP contribution in [0.5, 0.6) is 0 Å². The van der Waals surface area contributed by atoms with E-state index in [0.29, 0.717) is 0 Å². The molecule has 0 atom stereocenters. The number of hydrogen-bond acceptors (Lipinski definition) is 4. The number of halogens is 2. The zero-order valence-electron chi connectivity index (χ0n) is 14.3. The Kier molecular flexibility index (Phi) is 7.05. The highest BCUT2D eigenvalue weighted by atomic mass is 79.9. The van der Waals surface area contributed by atoms with Gasteiger partial charge >= 0.3 is 0 Å². The second-order valence-electron chi connectivity index (χ2n) is 5.64. The molecule has 3 rings (SSSR count). The number of hydrogen-bond donors (Lipinski definition) is 0. The molecule has 2 aromatic carbocycles. The van der Waals surface area contributed by atoms with E-state index in [4.69, 9.17) is 0 Å². The Morgan fingerprint density at radius 3 is 2.58 bits per heavy atom. The van der Waals surface area contributed by atoms with Crippen molar-refractivity contribution in [1.29, 1.82) is 0 Å². The predicted octanol–water partition coefficient (Wildman–Crippen LogP) is 5.93. The summed E-state index contributed by atoms with van der Waals surface area (Å²) in [5, 5.41) is 14.1. The highest BCUT2D eigenvalue weighted by molar-refractivity contribution is 9.10. The number of rotatable bonds is 7. The van der Waals surface area contributed by atoms with Gasteiger partial charge in [0, 0.05) is 26.7 Å². The maximum Gasteiger partial charge on any atom is 0.212 e. The molecule has 0 aliphatic rings. The lowest BCUT2D eigenvalue weighted by molar-refractivity contribution is 0.700. The first-order valence-electron chi connectivity index (χ1n) is 8.27. The van der Waals surface area contributed by atoms with E-state index in [0.717, 1.165) is 44.1 Å². The predicted molar refractivity (Wildman–Crippen MR) is 115 cm³/mol. The van der Waals surface area contributed by atoms with Gasteiger partial charge in [0.25, 0.3) is 0 Å². The summed E-state index contributed by atoms with van der Waals surface area (Å²) in [4.78, 5) is 0. The Balaban J connectivity index is 1.81. The highest BCUT2D eigenvalue weighted by Crippen LogP contribution is 2.23. The molecule has 26 heavy (non-hydrogen) atoms. The number of benzene rings is 2. The van der Waals surface area contributed by atoms with Gasteiger partial charge in [0.2, 0.25) is 5.16 Å². The van der Waals surface area contributed by atoms with Crippen LogP contribution in [0.25, 0.3) is 0 Å². The van der Waals surface area contributed by atoms with Crippen molar-refractivity contribution in [2.45, 2.75) is 30.7 Å². The van der Waals surface area contributed by atoms with Crippen LogP contribution in [-0.2, 0) is 12.2 Å². The van der Waals surface area contributed by atoms with E-state index in [1.165, 1.54) is 5.56 Å². The third-order valence-electron chi connectivity index (χ3n) is 3.65. The van der Waals surface area contributed by atoms with E-state index < -0.39 is 0 Å². The topological polar surface area (TPSA) is 43.1 Å². The Bertz CT molecular complexity index is 891. The first kappa shape index (κ1) is 19.3. The summed E-state index contributed by atoms with van der Waals surface area (Å²) in [7, 11) is 0. The van der Waals surface area contributed by atoms with Crippen molar-refractivity contribution < 1.29 is 0 Å². The van der Waals surface area contributed by atoms with E-state index in [9.17, 15) is 0 Å². The zero-order chi connectivity index (χ0) is 18.4. The Morgan fingerprint density at radius 1 is 1.08 bits per heavy atom.